The van der Waals surface area contributed by atoms with E-state index in [0.29, 0.717) is 0 Å². The van der Waals surface area contributed by atoms with Gasteiger partial charge >= 0.3 is 0 Å². The molecule has 0 bridgehead atoms. The maximum Gasteiger partial charge on any atom is 0.140 e. The molecule has 0 amide bonds. The number of hydrogen-bond acceptors (Lipinski definition) is 5. The highest BCUT2D eigenvalue weighted by Gasteiger charge is 2.20. The largest absolute Gasteiger partial charge is 0.375 e. The minimum atomic E-state index is 0.172. The highest BCUT2D eigenvalue weighted by atomic mass is 16.5. The predicted octanol–water partition coefficient (Wildman–Crippen LogP) is 0.786. The van der Waals surface area contributed by atoms with Crippen LogP contribution >= 0.6 is 0 Å². The summed E-state index contributed by atoms with van der Waals surface area (Å²) >= 11 is 0. The molecule has 114 valence electrons. The van der Waals surface area contributed by atoms with E-state index in [0.717, 1.165) is 51.6 Å². The topological polar surface area (TPSA) is 61.0 Å². The minimum Gasteiger partial charge on any atom is -0.375 e. The van der Waals surface area contributed by atoms with E-state index in [9.17, 15) is 0 Å². The van der Waals surface area contributed by atoms with Crippen LogP contribution in [0, 0.1) is 0 Å². The molecule has 7 nitrogen and oxygen atoms in total. The zero-order valence-corrected chi connectivity index (χ0v) is 12.4. The zero-order chi connectivity index (χ0) is 14.5. The number of hydrogen-bond donors (Lipinski definition) is 0. The Balaban J connectivity index is 1.62. The third kappa shape index (κ3) is 3.68. The van der Waals surface area contributed by atoms with Crippen molar-refractivity contribution in [3.8, 4) is 0 Å². The van der Waals surface area contributed by atoms with Crippen LogP contribution in [0.5, 0.6) is 0 Å². The molecule has 1 saturated heterocycles. The molecule has 3 heterocycles. The van der Waals surface area contributed by atoms with Crippen molar-refractivity contribution in [3.05, 3.63) is 30.6 Å². The van der Waals surface area contributed by atoms with Gasteiger partial charge in [0.05, 0.1) is 19.2 Å². The lowest BCUT2D eigenvalue weighted by Gasteiger charge is -2.23. The number of aromatic nitrogens is 5. The van der Waals surface area contributed by atoms with E-state index in [4.69, 9.17) is 4.74 Å². The van der Waals surface area contributed by atoms with Crippen molar-refractivity contribution in [1.29, 1.82) is 0 Å². The molecule has 0 N–H and O–H groups in total. The highest BCUT2D eigenvalue weighted by molar-refractivity contribution is 4.86. The second kappa shape index (κ2) is 6.82. The van der Waals surface area contributed by atoms with Crippen molar-refractivity contribution < 1.29 is 4.74 Å². The van der Waals surface area contributed by atoms with Crippen molar-refractivity contribution in [2.24, 2.45) is 0 Å². The Hall–Kier alpha value is -1.73. The first-order valence-corrected chi connectivity index (χ1v) is 7.53. The smallest absolute Gasteiger partial charge is 0.140 e. The van der Waals surface area contributed by atoms with E-state index in [2.05, 4.69) is 27.0 Å². The van der Waals surface area contributed by atoms with Crippen molar-refractivity contribution in [3.63, 3.8) is 0 Å². The van der Waals surface area contributed by atoms with Gasteiger partial charge in [0.2, 0.25) is 0 Å². The van der Waals surface area contributed by atoms with Gasteiger partial charge in [-0.2, -0.15) is 10.2 Å². The Kier molecular flexibility index (Phi) is 4.62. The van der Waals surface area contributed by atoms with Gasteiger partial charge in [0.25, 0.3) is 0 Å². The average molecular weight is 290 g/mol. The highest BCUT2D eigenvalue weighted by Crippen LogP contribution is 2.11. The van der Waals surface area contributed by atoms with Gasteiger partial charge in [-0.3, -0.25) is 9.58 Å². The third-order valence-electron chi connectivity index (χ3n) is 3.74. The summed E-state index contributed by atoms with van der Waals surface area (Å²) in [7, 11) is 0. The fraction of sp³-hybridized carbons (Fsp3) is 0.643. The van der Waals surface area contributed by atoms with Crippen LogP contribution in [0.4, 0.5) is 0 Å². The fourth-order valence-electron chi connectivity index (χ4n) is 2.72. The van der Waals surface area contributed by atoms with E-state index < -0.39 is 0 Å². The summed E-state index contributed by atoms with van der Waals surface area (Å²) < 4.78 is 9.82. The Labute approximate surface area is 124 Å². The van der Waals surface area contributed by atoms with Crippen LogP contribution in [-0.4, -0.2) is 55.2 Å². The Morgan fingerprint density at radius 1 is 1.38 bits per heavy atom. The lowest BCUT2D eigenvalue weighted by molar-refractivity contribution is 0.0387. The monoisotopic (exact) mass is 290 g/mol. The quantitative estimate of drug-likeness (QED) is 0.814. The molecule has 0 saturated carbocycles. The lowest BCUT2D eigenvalue weighted by atomic mass is 10.3. The van der Waals surface area contributed by atoms with Gasteiger partial charge in [0.15, 0.2) is 0 Å². The van der Waals surface area contributed by atoms with Crippen LogP contribution in [0.25, 0.3) is 0 Å². The molecular weight excluding hydrogens is 268 g/mol. The maximum absolute atomic E-state index is 5.94. The van der Waals surface area contributed by atoms with Crippen LogP contribution in [0.3, 0.4) is 0 Å². The van der Waals surface area contributed by atoms with Crippen LogP contribution in [0.15, 0.2) is 24.8 Å². The van der Waals surface area contributed by atoms with E-state index in [1.165, 1.54) is 0 Å². The number of ether oxygens (including phenoxy) is 1. The summed E-state index contributed by atoms with van der Waals surface area (Å²) in [5.74, 6) is 1.03. The molecule has 1 fully saturated rings. The summed E-state index contributed by atoms with van der Waals surface area (Å²) in [5, 5.41) is 8.50. The number of rotatable bonds is 5. The van der Waals surface area contributed by atoms with Crippen molar-refractivity contribution in [2.75, 3.05) is 19.7 Å². The van der Waals surface area contributed by atoms with Crippen LogP contribution in [-0.2, 0) is 24.4 Å². The number of nitrogens with zero attached hydrogens (tertiary/aromatic N) is 6. The van der Waals surface area contributed by atoms with Crippen LogP contribution in [0.2, 0.25) is 0 Å². The molecule has 1 aliphatic heterocycles. The summed E-state index contributed by atoms with van der Waals surface area (Å²) in [6.45, 7) is 7.31. The zero-order valence-electron chi connectivity index (χ0n) is 12.4. The molecular formula is C14H22N6O. The minimum absolute atomic E-state index is 0.172. The summed E-state index contributed by atoms with van der Waals surface area (Å²) in [5.41, 5.74) is 0. The summed E-state index contributed by atoms with van der Waals surface area (Å²) in [6.07, 6.45) is 6.64. The van der Waals surface area contributed by atoms with E-state index in [1.807, 2.05) is 21.6 Å². The molecule has 2 aromatic rings. The molecule has 1 aliphatic rings. The normalized spacial score (nSPS) is 20.5. The van der Waals surface area contributed by atoms with Gasteiger partial charge in [-0.15, -0.1) is 0 Å². The van der Waals surface area contributed by atoms with Crippen molar-refractivity contribution in [2.45, 2.75) is 39.1 Å². The first-order chi connectivity index (χ1) is 10.3. The number of aryl methyl sites for hydroxylation is 1. The molecule has 7 heteroatoms. The third-order valence-corrected chi connectivity index (χ3v) is 3.74. The average Bonchev–Trinajstić information content (AvgIpc) is 3.09. The van der Waals surface area contributed by atoms with Gasteiger partial charge in [-0.1, -0.05) is 0 Å². The maximum atomic E-state index is 5.94. The van der Waals surface area contributed by atoms with Crippen LogP contribution < -0.4 is 0 Å². The van der Waals surface area contributed by atoms with Gasteiger partial charge < -0.3 is 4.74 Å². The fourth-order valence-corrected chi connectivity index (χ4v) is 2.72. The standard InChI is InChI=1S/C14H22N6O/c1-2-20-14(15-12-17-20)11-18-6-4-8-21-13(9-18)10-19-7-3-5-16-19/h3,5,7,12-13H,2,4,6,8-11H2,1H3/t13-/m0/s1. The summed E-state index contributed by atoms with van der Waals surface area (Å²) in [4.78, 5) is 6.76. The first kappa shape index (κ1) is 14.2. The molecule has 3 rings (SSSR count). The molecule has 21 heavy (non-hydrogen) atoms. The van der Waals surface area contributed by atoms with E-state index in [1.54, 1.807) is 12.5 Å². The predicted molar refractivity (Wildman–Crippen MR) is 77.6 cm³/mol. The summed E-state index contributed by atoms with van der Waals surface area (Å²) in [6, 6.07) is 1.94. The van der Waals surface area contributed by atoms with Crippen molar-refractivity contribution in [1.82, 2.24) is 29.4 Å². The van der Waals surface area contributed by atoms with E-state index >= 15 is 0 Å². The van der Waals surface area contributed by atoms with E-state index in [-0.39, 0.29) is 6.10 Å². The molecule has 1 atom stereocenters. The Bertz CT molecular complexity index is 537. The molecule has 0 unspecified atom stereocenters. The van der Waals surface area contributed by atoms with Gasteiger partial charge in [-0.25, -0.2) is 9.67 Å². The molecule has 0 radical (unpaired) electrons. The molecule has 0 aliphatic carbocycles. The van der Waals surface area contributed by atoms with Gasteiger partial charge in [0, 0.05) is 38.6 Å². The SMILES string of the molecule is CCn1ncnc1CN1CCCO[C@H](Cn2cccn2)C1. The van der Waals surface area contributed by atoms with Crippen LogP contribution in [0.1, 0.15) is 19.2 Å². The second-order valence-corrected chi connectivity index (χ2v) is 5.30. The second-order valence-electron chi connectivity index (χ2n) is 5.30. The molecule has 0 aromatic carbocycles. The van der Waals surface area contributed by atoms with Gasteiger partial charge in [-0.05, 0) is 19.4 Å². The first-order valence-electron chi connectivity index (χ1n) is 7.53. The molecule has 0 spiro atoms. The molecule has 2 aromatic heterocycles. The lowest BCUT2D eigenvalue weighted by Crippen LogP contribution is -2.34. The Morgan fingerprint density at radius 2 is 2.33 bits per heavy atom. The van der Waals surface area contributed by atoms with Crippen molar-refractivity contribution >= 4 is 0 Å². The Morgan fingerprint density at radius 3 is 3.14 bits per heavy atom. The van der Waals surface area contributed by atoms with Gasteiger partial charge in [0.1, 0.15) is 12.2 Å².